The quantitative estimate of drug-likeness (QED) is 0.773. The number of hydrogen-bond donors (Lipinski definition) is 1. The third-order valence-electron chi connectivity index (χ3n) is 6.19. The van der Waals surface area contributed by atoms with Crippen LogP contribution in [0.15, 0.2) is 30.0 Å². The number of benzene rings is 1. The van der Waals surface area contributed by atoms with Crippen molar-refractivity contribution in [2.24, 2.45) is 0 Å². The van der Waals surface area contributed by atoms with Gasteiger partial charge in [0.05, 0.1) is 24.9 Å². The van der Waals surface area contributed by atoms with E-state index in [4.69, 9.17) is 4.74 Å². The van der Waals surface area contributed by atoms with E-state index in [1.54, 1.807) is 50.1 Å². The van der Waals surface area contributed by atoms with Crippen LogP contribution in [0.5, 0.6) is 5.75 Å². The van der Waals surface area contributed by atoms with Crippen LogP contribution in [0.25, 0.3) is 5.57 Å². The third-order valence-corrected chi connectivity index (χ3v) is 6.19. The van der Waals surface area contributed by atoms with Gasteiger partial charge in [0, 0.05) is 42.7 Å². The first-order valence-corrected chi connectivity index (χ1v) is 10.6. The van der Waals surface area contributed by atoms with Gasteiger partial charge in [-0.25, -0.2) is 0 Å². The van der Waals surface area contributed by atoms with E-state index in [1.165, 1.54) is 4.68 Å². The van der Waals surface area contributed by atoms with Crippen LogP contribution >= 0.6 is 0 Å². The number of methoxy groups -OCH3 is 1. The molecule has 2 aliphatic heterocycles. The van der Waals surface area contributed by atoms with Gasteiger partial charge >= 0.3 is 6.18 Å². The van der Waals surface area contributed by atoms with Crippen LogP contribution in [0, 0.1) is 0 Å². The number of alkyl halides is 3. The summed E-state index contributed by atoms with van der Waals surface area (Å²) in [6.45, 7) is 6.81. The van der Waals surface area contributed by atoms with Crippen LogP contribution in [0.4, 0.5) is 13.2 Å². The van der Waals surface area contributed by atoms with Gasteiger partial charge in [0.15, 0.2) is 5.69 Å². The number of nitrogens with zero attached hydrogens (tertiary/aromatic N) is 3. The summed E-state index contributed by atoms with van der Waals surface area (Å²) >= 11 is 0. The molecule has 0 saturated heterocycles. The zero-order valence-electron chi connectivity index (χ0n) is 18.6. The van der Waals surface area contributed by atoms with Crippen molar-refractivity contribution in [3.63, 3.8) is 0 Å². The predicted octanol–water partition coefficient (Wildman–Crippen LogP) is 3.80. The van der Waals surface area contributed by atoms with Crippen molar-refractivity contribution in [1.82, 2.24) is 20.0 Å². The minimum absolute atomic E-state index is 0.0716. The second-order valence-electron chi connectivity index (χ2n) is 8.80. The molecule has 0 radical (unpaired) electrons. The molecule has 1 aromatic carbocycles. The zero-order valence-corrected chi connectivity index (χ0v) is 18.6. The molecule has 2 aromatic rings. The minimum Gasteiger partial charge on any atom is -0.497 e. The Bertz CT molecular complexity index is 1070. The number of halogens is 3. The number of rotatable bonds is 4. The van der Waals surface area contributed by atoms with E-state index < -0.39 is 17.3 Å². The minimum atomic E-state index is -4.64. The Morgan fingerprint density at radius 2 is 1.91 bits per heavy atom. The molecule has 2 aliphatic rings. The molecule has 9 heteroatoms. The van der Waals surface area contributed by atoms with Gasteiger partial charge in [-0.3, -0.25) is 9.48 Å². The van der Waals surface area contributed by atoms with E-state index in [9.17, 15) is 18.0 Å². The second kappa shape index (κ2) is 7.86. The van der Waals surface area contributed by atoms with Crippen LogP contribution in [-0.4, -0.2) is 47.3 Å². The van der Waals surface area contributed by atoms with Crippen LogP contribution < -0.4 is 10.1 Å². The van der Waals surface area contributed by atoms with Crippen molar-refractivity contribution in [3.05, 3.63) is 52.5 Å². The molecule has 0 unspecified atom stereocenters. The Hall–Kier alpha value is -2.97. The number of carbonyl (C=O) groups is 1. The fourth-order valence-corrected chi connectivity index (χ4v) is 4.47. The first-order valence-electron chi connectivity index (χ1n) is 10.6. The van der Waals surface area contributed by atoms with E-state index in [0.29, 0.717) is 36.5 Å². The molecular weight excluding hydrogens is 421 g/mol. The molecule has 0 spiro atoms. The molecule has 0 bridgehead atoms. The first kappa shape index (κ1) is 22.2. The average Bonchev–Trinajstić information content (AvgIpc) is 3.07. The van der Waals surface area contributed by atoms with Crippen molar-refractivity contribution in [3.8, 4) is 5.75 Å². The molecule has 4 rings (SSSR count). The summed E-state index contributed by atoms with van der Waals surface area (Å²) < 4.78 is 49.0. The highest BCUT2D eigenvalue weighted by molar-refractivity contribution is 6.21. The predicted molar refractivity (Wildman–Crippen MR) is 114 cm³/mol. The summed E-state index contributed by atoms with van der Waals surface area (Å²) in [5, 5.41) is 7.32. The van der Waals surface area contributed by atoms with E-state index >= 15 is 0 Å². The van der Waals surface area contributed by atoms with Crippen molar-refractivity contribution in [2.45, 2.75) is 45.3 Å². The summed E-state index contributed by atoms with van der Waals surface area (Å²) in [5.41, 5.74) is 0.281. The van der Waals surface area contributed by atoms with Gasteiger partial charge in [0.25, 0.3) is 5.91 Å². The van der Waals surface area contributed by atoms with Gasteiger partial charge < -0.3 is 15.0 Å². The zero-order chi connectivity index (χ0) is 23.3. The van der Waals surface area contributed by atoms with Crippen molar-refractivity contribution in [1.29, 1.82) is 0 Å². The Kier molecular flexibility index (Phi) is 5.46. The summed E-state index contributed by atoms with van der Waals surface area (Å²) in [5.74, 6) is 0.394. The Labute approximate surface area is 185 Å². The molecule has 0 aliphatic carbocycles. The number of ether oxygens (including phenoxy) is 1. The Morgan fingerprint density at radius 1 is 1.22 bits per heavy atom. The molecule has 0 saturated carbocycles. The maximum Gasteiger partial charge on any atom is 0.435 e. The molecule has 3 heterocycles. The van der Waals surface area contributed by atoms with Gasteiger partial charge in [0.1, 0.15) is 5.75 Å². The topological polar surface area (TPSA) is 59.4 Å². The van der Waals surface area contributed by atoms with Crippen LogP contribution in [-0.2, 0) is 22.9 Å². The van der Waals surface area contributed by atoms with Crippen molar-refractivity contribution >= 4 is 11.5 Å². The van der Waals surface area contributed by atoms with E-state index in [0.717, 1.165) is 5.56 Å². The highest BCUT2D eigenvalue weighted by Gasteiger charge is 2.47. The highest BCUT2D eigenvalue weighted by atomic mass is 19.4. The molecule has 6 nitrogen and oxygen atoms in total. The number of aromatic nitrogens is 2. The largest absolute Gasteiger partial charge is 0.497 e. The molecule has 0 fully saturated rings. The molecule has 1 amide bonds. The molecule has 1 aromatic heterocycles. The van der Waals surface area contributed by atoms with Gasteiger partial charge in [0.2, 0.25) is 0 Å². The molecule has 0 atom stereocenters. The number of hydrogen-bond acceptors (Lipinski definition) is 4. The standard InChI is InChI=1S/C23H27F3N4O2/c1-5-29-11-10-16-17(21(29)31)19-18(22(2,3)13-27-16)20(23(24,25)26)28-30(19)12-14-6-8-15(32-4)9-7-14/h6-9,27H,5,10-13H2,1-4H3. The van der Waals surface area contributed by atoms with E-state index in [2.05, 4.69) is 10.4 Å². The maximum atomic E-state index is 14.1. The van der Waals surface area contributed by atoms with Crippen LogP contribution in [0.1, 0.15) is 49.7 Å². The number of likely N-dealkylation sites (N-methyl/N-ethyl adjacent to an activating group) is 1. The van der Waals surface area contributed by atoms with Gasteiger partial charge in [-0.1, -0.05) is 26.0 Å². The molecular formula is C23H27F3N4O2. The smallest absolute Gasteiger partial charge is 0.435 e. The number of fused-ring (bicyclic) bond motifs is 2. The van der Waals surface area contributed by atoms with E-state index in [-0.39, 0.29) is 30.3 Å². The summed E-state index contributed by atoms with van der Waals surface area (Å²) in [4.78, 5) is 15.0. The number of carbonyl (C=O) groups excluding carboxylic acids is 1. The van der Waals surface area contributed by atoms with Crippen molar-refractivity contribution < 1.29 is 22.7 Å². The normalized spacial score (nSPS) is 18.1. The lowest BCUT2D eigenvalue weighted by atomic mass is 9.81. The molecule has 172 valence electrons. The summed E-state index contributed by atoms with van der Waals surface area (Å²) in [6.07, 6.45) is -4.07. The lowest BCUT2D eigenvalue weighted by molar-refractivity contribution is -0.142. The lowest BCUT2D eigenvalue weighted by Crippen LogP contribution is -2.39. The van der Waals surface area contributed by atoms with Crippen molar-refractivity contribution in [2.75, 3.05) is 26.7 Å². The Morgan fingerprint density at radius 3 is 2.50 bits per heavy atom. The highest BCUT2D eigenvalue weighted by Crippen LogP contribution is 2.44. The molecule has 32 heavy (non-hydrogen) atoms. The number of nitrogens with one attached hydrogen (secondary N) is 1. The number of amides is 1. The van der Waals surface area contributed by atoms with Crippen LogP contribution in [0.3, 0.4) is 0 Å². The van der Waals surface area contributed by atoms with Gasteiger partial charge in [-0.2, -0.15) is 18.3 Å². The second-order valence-corrected chi connectivity index (χ2v) is 8.80. The SMILES string of the molecule is CCN1CCC2=C(C1=O)c1c(c(C(F)(F)F)nn1Cc1ccc(OC)cc1)C(C)(C)CN2. The van der Waals surface area contributed by atoms with Crippen LogP contribution in [0.2, 0.25) is 0 Å². The maximum absolute atomic E-state index is 14.1. The average molecular weight is 448 g/mol. The van der Waals surface area contributed by atoms with E-state index in [1.807, 2.05) is 6.92 Å². The Balaban J connectivity index is 1.95. The fourth-order valence-electron chi connectivity index (χ4n) is 4.47. The van der Waals surface area contributed by atoms with Gasteiger partial charge in [-0.15, -0.1) is 0 Å². The lowest BCUT2D eigenvalue weighted by Gasteiger charge is -2.29. The summed E-state index contributed by atoms with van der Waals surface area (Å²) in [7, 11) is 1.55. The molecule has 1 N–H and O–H groups in total. The van der Waals surface area contributed by atoms with Gasteiger partial charge in [-0.05, 0) is 24.6 Å². The third kappa shape index (κ3) is 3.73. The first-order chi connectivity index (χ1) is 15.1. The monoisotopic (exact) mass is 448 g/mol. The fraction of sp³-hybridized carbons (Fsp3) is 0.478. The summed E-state index contributed by atoms with van der Waals surface area (Å²) in [6, 6.07) is 7.08.